The standard InChI is InChI=1S/C19H18N2O4/c1-3-13-8-10-14(11-9-13)18-20-17(25-21-18)12-24-19(22)15-6-4-5-7-16(15)23-2/h4-11H,3,12H2,1-2H3. The Morgan fingerprint density at radius 1 is 1.12 bits per heavy atom. The molecule has 0 saturated heterocycles. The number of methoxy groups -OCH3 is 1. The maximum atomic E-state index is 12.2. The Kier molecular flexibility index (Phi) is 5.09. The number of aromatic nitrogens is 2. The van der Waals surface area contributed by atoms with Crippen LogP contribution in [0.1, 0.15) is 28.7 Å². The number of benzene rings is 2. The SMILES string of the molecule is CCc1ccc(-c2noc(COC(=O)c3ccccc3OC)n2)cc1. The Morgan fingerprint density at radius 3 is 2.60 bits per heavy atom. The molecule has 0 aliphatic rings. The molecule has 0 atom stereocenters. The minimum absolute atomic E-state index is 0.100. The molecule has 0 spiro atoms. The van der Waals surface area contributed by atoms with Crippen molar-refractivity contribution >= 4 is 5.97 Å². The van der Waals surface area contributed by atoms with E-state index in [0.29, 0.717) is 17.1 Å². The number of nitrogens with zero attached hydrogens (tertiary/aromatic N) is 2. The first-order valence-corrected chi connectivity index (χ1v) is 7.93. The van der Waals surface area contributed by atoms with Gasteiger partial charge in [-0.1, -0.05) is 48.5 Å². The van der Waals surface area contributed by atoms with Crippen LogP contribution in [0.5, 0.6) is 5.75 Å². The van der Waals surface area contributed by atoms with Crippen molar-refractivity contribution in [3.8, 4) is 17.1 Å². The molecule has 3 rings (SSSR count). The molecule has 0 N–H and O–H groups in total. The minimum Gasteiger partial charge on any atom is -0.496 e. The van der Waals surface area contributed by atoms with E-state index in [2.05, 4.69) is 17.1 Å². The molecule has 0 unspecified atom stereocenters. The van der Waals surface area contributed by atoms with Crippen LogP contribution in [-0.4, -0.2) is 23.2 Å². The average molecular weight is 338 g/mol. The molecule has 2 aromatic carbocycles. The lowest BCUT2D eigenvalue weighted by Gasteiger charge is -2.06. The summed E-state index contributed by atoms with van der Waals surface area (Å²) in [6.45, 7) is 1.99. The van der Waals surface area contributed by atoms with Crippen LogP contribution in [0.15, 0.2) is 53.1 Å². The van der Waals surface area contributed by atoms with Crippen LogP contribution in [0.25, 0.3) is 11.4 Å². The lowest BCUT2D eigenvalue weighted by Crippen LogP contribution is -2.07. The fraction of sp³-hybridized carbons (Fsp3) is 0.211. The van der Waals surface area contributed by atoms with E-state index in [0.717, 1.165) is 12.0 Å². The second kappa shape index (κ2) is 7.61. The molecule has 25 heavy (non-hydrogen) atoms. The van der Waals surface area contributed by atoms with Crippen LogP contribution < -0.4 is 4.74 Å². The predicted octanol–water partition coefficient (Wildman–Crippen LogP) is 3.66. The average Bonchev–Trinajstić information content (AvgIpc) is 3.15. The normalized spacial score (nSPS) is 10.5. The number of hydrogen-bond acceptors (Lipinski definition) is 6. The summed E-state index contributed by atoms with van der Waals surface area (Å²) in [4.78, 5) is 16.4. The third kappa shape index (κ3) is 3.85. The van der Waals surface area contributed by atoms with Gasteiger partial charge in [-0.2, -0.15) is 4.98 Å². The third-order valence-corrected chi connectivity index (χ3v) is 3.74. The Hall–Kier alpha value is -3.15. The van der Waals surface area contributed by atoms with Gasteiger partial charge in [0.05, 0.1) is 7.11 Å². The summed E-state index contributed by atoms with van der Waals surface area (Å²) >= 11 is 0. The molecular weight excluding hydrogens is 320 g/mol. The molecule has 6 nitrogen and oxygen atoms in total. The maximum absolute atomic E-state index is 12.2. The Balaban J connectivity index is 1.66. The van der Waals surface area contributed by atoms with Crippen LogP contribution in [0.3, 0.4) is 0 Å². The summed E-state index contributed by atoms with van der Waals surface area (Å²) in [5, 5.41) is 3.92. The molecule has 0 saturated carbocycles. The quantitative estimate of drug-likeness (QED) is 0.639. The number of carbonyl (C=O) groups excluding carboxylic acids is 1. The van der Waals surface area contributed by atoms with Crippen molar-refractivity contribution in [2.45, 2.75) is 20.0 Å². The van der Waals surface area contributed by atoms with E-state index in [9.17, 15) is 4.79 Å². The minimum atomic E-state index is -0.510. The number of aryl methyl sites for hydroxylation is 1. The van der Waals surface area contributed by atoms with Crippen molar-refractivity contribution in [2.75, 3.05) is 7.11 Å². The summed E-state index contributed by atoms with van der Waals surface area (Å²) < 4.78 is 15.5. The van der Waals surface area contributed by atoms with Gasteiger partial charge in [-0.15, -0.1) is 0 Å². The van der Waals surface area contributed by atoms with Gasteiger partial charge in [-0.3, -0.25) is 0 Å². The van der Waals surface area contributed by atoms with Crippen molar-refractivity contribution in [1.82, 2.24) is 10.1 Å². The smallest absolute Gasteiger partial charge is 0.342 e. The van der Waals surface area contributed by atoms with Gasteiger partial charge >= 0.3 is 5.97 Å². The topological polar surface area (TPSA) is 74.5 Å². The Labute approximate surface area is 145 Å². The van der Waals surface area contributed by atoms with E-state index in [1.165, 1.54) is 12.7 Å². The first-order chi connectivity index (χ1) is 12.2. The van der Waals surface area contributed by atoms with Crippen LogP contribution in [0.2, 0.25) is 0 Å². The summed E-state index contributed by atoms with van der Waals surface area (Å²) in [6.07, 6.45) is 0.969. The fourth-order valence-corrected chi connectivity index (χ4v) is 2.34. The zero-order valence-corrected chi connectivity index (χ0v) is 14.1. The molecule has 0 radical (unpaired) electrons. The van der Waals surface area contributed by atoms with E-state index in [1.54, 1.807) is 24.3 Å². The molecule has 0 aliphatic heterocycles. The zero-order valence-electron chi connectivity index (χ0n) is 14.1. The highest BCUT2D eigenvalue weighted by Gasteiger charge is 2.15. The van der Waals surface area contributed by atoms with Crippen molar-refractivity contribution in [3.63, 3.8) is 0 Å². The van der Waals surface area contributed by atoms with Gasteiger partial charge in [0.2, 0.25) is 5.82 Å². The van der Waals surface area contributed by atoms with E-state index in [1.807, 2.05) is 24.3 Å². The zero-order chi connectivity index (χ0) is 17.6. The van der Waals surface area contributed by atoms with Crippen LogP contribution in [0, 0.1) is 0 Å². The number of ether oxygens (including phenoxy) is 2. The molecule has 0 aliphatic carbocycles. The molecular formula is C19H18N2O4. The van der Waals surface area contributed by atoms with Crippen molar-refractivity contribution in [2.24, 2.45) is 0 Å². The van der Waals surface area contributed by atoms with E-state index >= 15 is 0 Å². The van der Waals surface area contributed by atoms with Gasteiger partial charge < -0.3 is 14.0 Å². The van der Waals surface area contributed by atoms with Gasteiger partial charge in [0.25, 0.3) is 5.89 Å². The number of hydrogen-bond donors (Lipinski definition) is 0. The predicted molar refractivity (Wildman–Crippen MR) is 91.2 cm³/mol. The molecule has 128 valence electrons. The maximum Gasteiger partial charge on any atom is 0.342 e. The third-order valence-electron chi connectivity index (χ3n) is 3.74. The second-order valence-corrected chi connectivity index (χ2v) is 5.34. The lowest BCUT2D eigenvalue weighted by molar-refractivity contribution is 0.0426. The van der Waals surface area contributed by atoms with Crippen molar-refractivity contribution in [1.29, 1.82) is 0 Å². The van der Waals surface area contributed by atoms with Crippen molar-refractivity contribution < 1.29 is 18.8 Å². The van der Waals surface area contributed by atoms with Crippen LogP contribution in [0.4, 0.5) is 0 Å². The van der Waals surface area contributed by atoms with Gasteiger partial charge in [-0.05, 0) is 24.1 Å². The van der Waals surface area contributed by atoms with Gasteiger partial charge in [0.15, 0.2) is 6.61 Å². The number of esters is 1. The Bertz CT molecular complexity index is 856. The summed E-state index contributed by atoms with van der Waals surface area (Å²) in [5.41, 5.74) is 2.43. The Morgan fingerprint density at radius 2 is 1.88 bits per heavy atom. The lowest BCUT2D eigenvalue weighted by atomic mass is 10.1. The van der Waals surface area contributed by atoms with Crippen LogP contribution >= 0.6 is 0 Å². The molecule has 0 amide bonds. The van der Waals surface area contributed by atoms with Gasteiger partial charge in [0, 0.05) is 5.56 Å². The van der Waals surface area contributed by atoms with E-state index in [4.69, 9.17) is 14.0 Å². The second-order valence-electron chi connectivity index (χ2n) is 5.34. The molecule has 6 heteroatoms. The molecule has 0 fully saturated rings. The highest BCUT2D eigenvalue weighted by molar-refractivity contribution is 5.92. The fourth-order valence-electron chi connectivity index (χ4n) is 2.34. The molecule has 3 aromatic rings. The monoisotopic (exact) mass is 338 g/mol. The van der Waals surface area contributed by atoms with Crippen molar-refractivity contribution in [3.05, 3.63) is 65.5 Å². The molecule has 0 bridgehead atoms. The van der Waals surface area contributed by atoms with Gasteiger partial charge in [0.1, 0.15) is 11.3 Å². The summed E-state index contributed by atoms with van der Waals surface area (Å²) in [5.74, 6) is 0.642. The first-order valence-electron chi connectivity index (χ1n) is 7.93. The number of para-hydroxylation sites is 1. The highest BCUT2D eigenvalue weighted by atomic mass is 16.6. The van der Waals surface area contributed by atoms with Crippen LogP contribution in [-0.2, 0) is 17.8 Å². The number of rotatable bonds is 6. The molecule has 1 aromatic heterocycles. The summed E-state index contributed by atoms with van der Waals surface area (Å²) in [6, 6.07) is 14.8. The summed E-state index contributed by atoms with van der Waals surface area (Å²) in [7, 11) is 1.50. The van der Waals surface area contributed by atoms with E-state index < -0.39 is 5.97 Å². The molecule has 1 heterocycles. The van der Waals surface area contributed by atoms with E-state index in [-0.39, 0.29) is 12.5 Å². The first kappa shape index (κ1) is 16.7. The number of carbonyl (C=O) groups is 1. The largest absolute Gasteiger partial charge is 0.496 e. The van der Waals surface area contributed by atoms with Gasteiger partial charge in [-0.25, -0.2) is 4.79 Å². The highest BCUT2D eigenvalue weighted by Crippen LogP contribution is 2.20.